The third-order valence-electron chi connectivity index (χ3n) is 4.98. The van der Waals surface area contributed by atoms with Gasteiger partial charge in [-0.15, -0.1) is 0 Å². The van der Waals surface area contributed by atoms with Gasteiger partial charge in [-0.1, -0.05) is 30.3 Å². The topological polar surface area (TPSA) is 65.4 Å². The zero-order valence-electron chi connectivity index (χ0n) is 16.0. The lowest BCUT2D eigenvalue weighted by Gasteiger charge is -2.35. The molecule has 0 amide bonds. The molecule has 0 saturated carbocycles. The summed E-state index contributed by atoms with van der Waals surface area (Å²) in [5, 5.41) is 19.2. The van der Waals surface area contributed by atoms with Crippen LogP contribution in [-0.2, 0) is 13.1 Å². The average molecular weight is 370 g/mol. The Morgan fingerprint density at radius 2 is 1.30 bits per heavy atom. The molecule has 1 aliphatic rings. The van der Waals surface area contributed by atoms with Crippen LogP contribution in [0.25, 0.3) is 0 Å². The predicted octanol–water partition coefficient (Wildman–Crippen LogP) is 0.701. The van der Waals surface area contributed by atoms with Gasteiger partial charge >= 0.3 is 7.12 Å². The lowest BCUT2D eigenvalue weighted by molar-refractivity contribution is 0.122. The smallest absolute Gasteiger partial charge is 0.496 e. The Hall–Kier alpha value is -2.06. The summed E-state index contributed by atoms with van der Waals surface area (Å²) in [6.07, 6.45) is 0. The van der Waals surface area contributed by atoms with Crippen LogP contribution in [0.1, 0.15) is 11.1 Å². The minimum absolute atomic E-state index is 0.261. The minimum Gasteiger partial charge on any atom is -0.497 e. The van der Waals surface area contributed by atoms with Gasteiger partial charge in [0.1, 0.15) is 11.5 Å². The fraction of sp³-hybridized carbons (Fsp3) is 0.400. The molecule has 2 aromatic carbocycles. The van der Waals surface area contributed by atoms with Crippen LogP contribution in [0.15, 0.2) is 42.5 Å². The van der Waals surface area contributed by atoms with Crippen molar-refractivity contribution in [2.24, 2.45) is 0 Å². The van der Waals surface area contributed by atoms with E-state index in [9.17, 15) is 10.0 Å². The number of rotatable bonds is 7. The van der Waals surface area contributed by atoms with E-state index in [4.69, 9.17) is 9.47 Å². The van der Waals surface area contributed by atoms with E-state index >= 15 is 0 Å². The fourth-order valence-corrected chi connectivity index (χ4v) is 3.54. The quantitative estimate of drug-likeness (QED) is 0.700. The second-order valence-corrected chi connectivity index (χ2v) is 6.83. The predicted molar refractivity (Wildman–Crippen MR) is 106 cm³/mol. The van der Waals surface area contributed by atoms with Gasteiger partial charge in [-0.05, 0) is 23.3 Å². The van der Waals surface area contributed by atoms with E-state index in [-0.39, 0.29) is 5.46 Å². The molecule has 0 radical (unpaired) electrons. The molecule has 27 heavy (non-hydrogen) atoms. The number of hydrogen-bond donors (Lipinski definition) is 2. The van der Waals surface area contributed by atoms with Crippen LogP contribution < -0.4 is 14.9 Å². The molecule has 0 unspecified atom stereocenters. The van der Waals surface area contributed by atoms with Gasteiger partial charge < -0.3 is 19.5 Å². The van der Waals surface area contributed by atoms with Crippen LogP contribution >= 0.6 is 0 Å². The zero-order chi connectivity index (χ0) is 19.2. The highest BCUT2D eigenvalue weighted by Gasteiger charge is 2.24. The highest BCUT2D eigenvalue weighted by molar-refractivity contribution is 6.61. The summed E-state index contributed by atoms with van der Waals surface area (Å²) in [5.41, 5.74) is 2.64. The van der Waals surface area contributed by atoms with E-state index in [1.807, 2.05) is 18.2 Å². The van der Waals surface area contributed by atoms with Crippen molar-refractivity contribution >= 4 is 12.6 Å². The van der Waals surface area contributed by atoms with Crippen molar-refractivity contribution in [1.29, 1.82) is 0 Å². The molecule has 2 N–H and O–H groups in total. The van der Waals surface area contributed by atoms with Gasteiger partial charge in [-0.25, -0.2) is 0 Å². The third-order valence-corrected chi connectivity index (χ3v) is 4.98. The Balaban J connectivity index is 1.61. The highest BCUT2D eigenvalue weighted by Crippen LogP contribution is 2.22. The maximum absolute atomic E-state index is 9.59. The summed E-state index contributed by atoms with van der Waals surface area (Å²) in [5.74, 6) is 0.865. The molecular formula is C20H27BN2O4. The van der Waals surface area contributed by atoms with Gasteiger partial charge in [-0.3, -0.25) is 9.80 Å². The Labute approximate surface area is 161 Å². The second kappa shape index (κ2) is 9.24. The molecule has 0 spiro atoms. The summed E-state index contributed by atoms with van der Waals surface area (Å²) in [7, 11) is 1.41. The fourth-order valence-electron chi connectivity index (χ4n) is 3.54. The molecule has 1 aliphatic heterocycles. The molecule has 144 valence electrons. The summed E-state index contributed by atoms with van der Waals surface area (Å²) in [4.78, 5) is 4.86. The number of ether oxygens (including phenoxy) is 2. The molecule has 0 aromatic heterocycles. The van der Waals surface area contributed by atoms with E-state index in [2.05, 4.69) is 34.1 Å². The maximum atomic E-state index is 9.59. The van der Waals surface area contributed by atoms with Gasteiger partial charge in [0, 0.05) is 39.3 Å². The van der Waals surface area contributed by atoms with Crippen molar-refractivity contribution in [3.05, 3.63) is 53.6 Å². The van der Waals surface area contributed by atoms with E-state index in [0.29, 0.717) is 11.5 Å². The normalized spacial score (nSPS) is 15.6. The van der Waals surface area contributed by atoms with Crippen molar-refractivity contribution in [2.75, 3.05) is 40.4 Å². The lowest BCUT2D eigenvalue weighted by atomic mass is 9.78. The van der Waals surface area contributed by atoms with Crippen LogP contribution in [0.3, 0.4) is 0 Å². The average Bonchev–Trinajstić information content (AvgIpc) is 2.69. The Kier molecular flexibility index (Phi) is 6.74. The third kappa shape index (κ3) is 5.02. The molecule has 3 rings (SSSR count). The molecule has 2 aromatic rings. The van der Waals surface area contributed by atoms with E-state index < -0.39 is 7.12 Å². The maximum Gasteiger partial charge on any atom is 0.496 e. The molecular weight excluding hydrogens is 343 g/mol. The van der Waals surface area contributed by atoms with E-state index in [1.165, 1.54) is 19.8 Å². The number of piperazine rings is 1. The molecule has 1 fully saturated rings. The van der Waals surface area contributed by atoms with Gasteiger partial charge in [0.2, 0.25) is 0 Å². The van der Waals surface area contributed by atoms with Gasteiger partial charge in [0.05, 0.1) is 19.7 Å². The number of hydrogen-bond acceptors (Lipinski definition) is 6. The molecule has 0 bridgehead atoms. The molecule has 7 heteroatoms. The standard InChI is InChI=1S/C20H27BN2O4/c1-26-18-12-17(13-19(27-2)20(18)21(24)25)15-23-10-8-22(9-11-23)14-16-6-4-3-5-7-16/h3-7,12-13,24-25H,8-11,14-15H2,1-2H3. The summed E-state index contributed by atoms with van der Waals surface area (Å²) in [6.45, 7) is 5.78. The van der Waals surface area contributed by atoms with Crippen LogP contribution in [0.5, 0.6) is 11.5 Å². The summed E-state index contributed by atoms with van der Waals surface area (Å²) >= 11 is 0. The largest absolute Gasteiger partial charge is 0.497 e. The van der Waals surface area contributed by atoms with Crippen LogP contribution in [0.4, 0.5) is 0 Å². The molecule has 0 aliphatic carbocycles. The van der Waals surface area contributed by atoms with Gasteiger partial charge in [0.15, 0.2) is 0 Å². The number of methoxy groups -OCH3 is 2. The SMILES string of the molecule is COc1cc(CN2CCN(Cc3ccccc3)CC2)cc(OC)c1B(O)O. The monoisotopic (exact) mass is 370 g/mol. The van der Waals surface area contributed by atoms with E-state index in [0.717, 1.165) is 44.8 Å². The highest BCUT2D eigenvalue weighted by atomic mass is 16.5. The first-order valence-corrected chi connectivity index (χ1v) is 9.20. The van der Waals surface area contributed by atoms with Gasteiger partial charge in [0.25, 0.3) is 0 Å². The Bertz CT molecular complexity index is 709. The summed E-state index contributed by atoms with van der Waals surface area (Å²) in [6, 6.07) is 14.3. The van der Waals surface area contributed by atoms with E-state index in [1.54, 1.807) is 0 Å². The molecule has 6 nitrogen and oxygen atoms in total. The molecule has 1 heterocycles. The van der Waals surface area contributed by atoms with Crippen LogP contribution in [0.2, 0.25) is 0 Å². The van der Waals surface area contributed by atoms with Gasteiger partial charge in [-0.2, -0.15) is 0 Å². The van der Waals surface area contributed by atoms with Crippen molar-refractivity contribution in [3.8, 4) is 11.5 Å². The minimum atomic E-state index is -1.63. The Morgan fingerprint density at radius 3 is 1.74 bits per heavy atom. The second-order valence-electron chi connectivity index (χ2n) is 6.83. The van der Waals surface area contributed by atoms with Crippen molar-refractivity contribution in [2.45, 2.75) is 13.1 Å². The molecule has 1 saturated heterocycles. The first kappa shape index (κ1) is 19.7. The molecule has 0 atom stereocenters. The van der Waals surface area contributed by atoms with Crippen molar-refractivity contribution in [1.82, 2.24) is 9.80 Å². The van der Waals surface area contributed by atoms with Crippen molar-refractivity contribution < 1.29 is 19.5 Å². The zero-order valence-corrected chi connectivity index (χ0v) is 16.0. The van der Waals surface area contributed by atoms with Crippen molar-refractivity contribution in [3.63, 3.8) is 0 Å². The number of nitrogens with zero attached hydrogens (tertiary/aromatic N) is 2. The lowest BCUT2D eigenvalue weighted by Crippen LogP contribution is -2.45. The van der Waals surface area contributed by atoms with Crippen LogP contribution in [-0.4, -0.2) is 67.4 Å². The number of benzene rings is 2. The first-order valence-electron chi connectivity index (χ1n) is 9.20. The summed E-state index contributed by atoms with van der Waals surface area (Å²) < 4.78 is 10.7. The van der Waals surface area contributed by atoms with Crippen LogP contribution in [0, 0.1) is 0 Å². The Morgan fingerprint density at radius 1 is 0.815 bits per heavy atom. The first-order chi connectivity index (χ1) is 13.1.